The molecule has 2 aliphatic heterocycles. The topological polar surface area (TPSA) is 63.0 Å². The van der Waals surface area contributed by atoms with Crippen LogP contribution in [-0.4, -0.2) is 64.1 Å². The van der Waals surface area contributed by atoms with Crippen molar-refractivity contribution in [3.8, 4) is 5.75 Å². The normalized spacial score (nSPS) is 24.2. The van der Waals surface area contributed by atoms with E-state index in [1.54, 1.807) is 24.0 Å². The second kappa shape index (κ2) is 6.84. The molecule has 2 aromatic heterocycles. The summed E-state index contributed by atoms with van der Waals surface area (Å²) in [7, 11) is 3.86. The van der Waals surface area contributed by atoms with Crippen LogP contribution in [0.1, 0.15) is 27.7 Å². The number of benzene rings is 1. The Labute approximate surface area is 169 Å². The number of hydrogen-bond donors (Lipinski definition) is 0. The van der Waals surface area contributed by atoms with Gasteiger partial charge < -0.3 is 9.64 Å². The van der Waals surface area contributed by atoms with Gasteiger partial charge in [0.2, 0.25) is 0 Å². The maximum Gasteiger partial charge on any atom is 0.257 e. The fourth-order valence-electron chi connectivity index (χ4n) is 5.10. The molecule has 2 fully saturated rings. The van der Waals surface area contributed by atoms with Crippen LogP contribution >= 0.6 is 0 Å². The van der Waals surface area contributed by atoms with Crippen LogP contribution in [0.3, 0.4) is 0 Å². The van der Waals surface area contributed by atoms with Crippen LogP contribution in [-0.2, 0) is 0 Å². The SMILES string of the molecule is COc1ccc([C@@H]2[C@@H]3CN(C(=O)c4cnc5ccnn5c4C)C[C@@H]3CN2C)cc1. The maximum atomic E-state index is 13.3. The molecule has 0 radical (unpaired) electrons. The van der Waals surface area contributed by atoms with Gasteiger partial charge >= 0.3 is 0 Å². The van der Waals surface area contributed by atoms with Crippen molar-refractivity contribution in [2.75, 3.05) is 33.8 Å². The number of carbonyl (C=O) groups is 1. The van der Waals surface area contributed by atoms with E-state index in [0.29, 0.717) is 23.4 Å². The number of aromatic nitrogens is 3. The standard InChI is InChI=1S/C22H25N5O2/c1-14-18(10-23-20-8-9-24-27(14)20)22(28)26-12-16-11-25(2)21(19(16)13-26)15-4-6-17(29-3)7-5-15/h4-10,16,19,21H,11-13H2,1-3H3/t16-,19+,21+/m0/s1. The Kier molecular flexibility index (Phi) is 4.28. The number of hydrogen-bond acceptors (Lipinski definition) is 5. The first kappa shape index (κ1) is 18.1. The van der Waals surface area contributed by atoms with Gasteiger partial charge in [0.05, 0.1) is 24.6 Å². The number of ether oxygens (including phenoxy) is 1. The lowest BCUT2D eigenvalue weighted by atomic mass is 9.89. The first-order valence-electron chi connectivity index (χ1n) is 9.99. The molecule has 0 aliphatic carbocycles. The molecule has 5 rings (SSSR count). The first-order valence-corrected chi connectivity index (χ1v) is 9.99. The average Bonchev–Trinajstić information content (AvgIpc) is 3.42. The first-order chi connectivity index (χ1) is 14.1. The van der Waals surface area contributed by atoms with E-state index >= 15 is 0 Å². The van der Waals surface area contributed by atoms with Gasteiger partial charge in [-0.2, -0.15) is 5.10 Å². The molecule has 0 spiro atoms. The molecule has 2 saturated heterocycles. The van der Waals surface area contributed by atoms with Gasteiger partial charge in [-0.1, -0.05) is 12.1 Å². The van der Waals surface area contributed by atoms with Gasteiger partial charge in [0, 0.05) is 43.9 Å². The molecule has 0 bridgehead atoms. The van der Waals surface area contributed by atoms with Crippen molar-refractivity contribution < 1.29 is 9.53 Å². The Balaban J connectivity index is 1.39. The highest BCUT2D eigenvalue weighted by molar-refractivity contribution is 5.95. The number of likely N-dealkylation sites (tertiary alicyclic amines) is 2. The minimum atomic E-state index is 0.0536. The molecule has 29 heavy (non-hydrogen) atoms. The molecular weight excluding hydrogens is 366 g/mol. The molecule has 4 heterocycles. The summed E-state index contributed by atoms with van der Waals surface area (Å²) in [5.74, 6) is 1.83. The number of amides is 1. The second-order valence-corrected chi connectivity index (χ2v) is 8.15. The van der Waals surface area contributed by atoms with Gasteiger partial charge in [0.15, 0.2) is 5.65 Å². The highest BCUT2D eigenvalue weighted by atomic mass is 16.5. The van der Waals surface area contributed by atoms with Crippen molar-refractivity contribution in [2.24, 2.45) is 11.8 Å². The lowest BCUT2D eigenvalue weighted by Gasteiger charge is -2.27. The van der Waals surface area contributed by atoms with Crippen molar-refractivity contribution >= 4 is 11.6 Å². The molecule has 3 atom stereocenters. The fraction of sp³-hybridized carbons (Fsp3) is 0.409. The Morgan fingerprint density at radius 1 is 1.14 bits per heavy atom. The zero-order valence-corrected chi connectivity index (χ0v) is 16.9. The number of methoxy groups -OCH3 is 1. The number of rotatable bonds is 3. The van der Waals surface area contributed by atoms with Crippen molar-refractivity contribution in [3.05, 3.63) is 59.5 Å². The zero-order chi connectivity index (χ0) is 20.1. The molecule has 7 heteroatoms. The van der Waals surface area contributed by atoms with Crippen molar-refractivity contribution in [2.45, 2.75) is 13.0 Å². The third kappa shape index (κ3) is 2.88. The Morgan fingerprint density at radius 3 is 2.69 bits per heavy atom. The van der Waals surface area contributed by atoms with Crippen molar-refractivity contribution in [1.29, 1.82) is 0 Å². The summed E-state index contributed by atoms with van der Waals surface area (Å²) < 4.78 is 7.03. The van der Waals surface area contributed by atoms with E-state index in [1.165, 1.54) is 5.56 Å². The highest BCUT2D eigenvalue weighted by Gasteiger charge is 2.47. The van der Waals surface area contributed by atoms with Crippen LogP contribution < -0.4 is 4.74 Å². The number of nitrogens with zero attached hydrogens (tertiary/aromatic N) is 5. The lowest BCUT2D eigenvalue weighted by Crippen LogP contribution is -2.34. The smallest absolute Gasteiger partial charge is 0.257 e. The van der Waals surface area contributed by atoms with Gasteiger partial charge in [-0.05, 0) is 37.6 Å². The molecule has 150 valence electrons. The summed E-state index contributed by atoms with van der Waals surface area (Å²) in [6, 6.07) is 10.5. The molecule has 0 saturated carbocycles. The molecule has 1 amide bonds. The predicted octanol–water partition coefficient (Wildman–Crippen LogP) is 2.42. The summed E-state index contributed by atoms with van der Waals surface area (Å²) in [5, 5.41) is 4.29. The van der Waals surface area contributed by atoms with Crippen LogP contribution in [0.5, 0.6) is 5.75 Å². The highest BCUT2D eigenvalue weighted by Crippen LogP contribution is 2.44. The summed E-state index contributed by atoms with van der Waals surface area (Å²) >= 11 is 0. The van der Waals surface area contributed by atoms with Crippen LogP contribution in [0.4, 0.5) is 0 Å². The van der Waals surface area contributed by atoms with Crippen LogP contribution in [0.25, 0.3) is 5.65 Å². The van der Waals surface area contributed by atoms with Crippen LogP contribution in [0.2, 0.25) is 0 Å². The number of carbonyl (C=O) groups excluding carboxylic acids is 1. The van der Waals surface area contributed by atoms with E-state index in [-0.39, 0.29) is 5.91 Å². The van der Waals surface area contributed by atoms with Crippen LogP contribution in [0.15, 0.2) is 42.7 Å². The monoisotopic (exact) mass is 391 g/mol. The summed E-state index contributed by atoms with van der Waals surface area (Å²) in [4.78, 5) is 22.1. The summed E-state index contributed by atoms with van der Waals surface area (Å²) in [6.45, 7) is 4.48. The van der Waals surface area contributed by atoms with Gasteiger partial charge in [-0.15, -0.1) is 0 Å². The Bertz CT molecular complexity index is 1060. The quantitative estimate of drug-likeness (QED) is 0.686. The van der Waals surface area contributed by atoms with E-state index < -0.39 is 0 Å². The van der Waals surface area contributed by atoms with Gasteiger partial charge in [-0.25, -0.2) is 9.50 Å². The van der Waals surface area contributed by atoms with Gasteiger partial charge in [0.25, 0.3) is 5.91 Å². The Morgan fingerprint density at radius 2 is 1.93 bits per heavy atom. The number of aryl methyl sites for hydroxylation is 1. The molecule has 2 aliphatic rings. The molecular formula is C22H25N5O2. The second-order valence-electron chi connectivity index (χ2n) is 8.15. The lowest BCUT2D eigenvalue weighted by molar-refractivity contribution is 0.0766. The molecule has 3 aromatic rings. The van der Waals surface area contributed by atoms with Gasteiger partial charge in [-0.3, -0.25) is 9.69 Å². The third-order valence-electron chi connectivity index (χ3n) is 6.53. The molecule has 0 unspecified atom stereocenters. The van der Waals surface area contributed by atoms with E-state index in [1.807, 2.05) is 30.0 Å². The maximum absolute atomic E-state index is 13.3. The van der Waals surface area contributed by atoms with Gasteiger partial charge in [0.1, 0.15) is 5.75 Å². The van der Waals surface area contributed by atoms with E-state index in [0.717, 1.165) is 36.7 Å². The average molecular weight is 391 g/mol. The minimum Gasteiger partial charge on any atom is -0.497 e. The Hall–Kier alpha value is -2.93. The van der Waals surface area contributed by atoms with Crippen LogP contribution in [0, 0.1) is 18.8 Å². The minimum absolute atomic E-state index is 0.0536. The fourth-order valence-corrected chi connectivity index (χ4v) is 5.10. The summed E-state index contributed by atoms with van der Waals surface area (Å²) in [6.07, 6.45) is 3.40. The van der Waals surface area contributed by atoms with Crippen molar-refractivity contribution in [3.63, 3.8) is 0 Å². The predicted molar refractivity (Wildman–Crippen MR) is 109 cm³/mol. The zero-order valence-electron chi connectivity index (χ0n) is 16.9. The molecule has 7 nitrogen and oxygen atoms in total. The molecule has 0 N–H and O–H groups in total. The van der Waals surface area contributed by atoms with Crippen molar-refractivity contribution in [1.82, 2.24) is 24.4 Å². The van der Waals surface area contributed by atoms with E-state index in [9.17, 15) is 4.79 Å². The largest absolute Gasteiger partial charge is 0.497 e. The number of fused-ring (bicyclic) bond motifs is 2. The molecule has 1 aromatic carbocycles. The summed E-state index contributed by atoms with van der Waals surface area (Å²) in [5.41, 5.74) is 3.52. The van der Waals surface area contributed by atoms with E-state index in [4.69, 9.17) is 4.74 Å². The third-order valence-corrected chi connectivity index (χ3v) is 6.53. The van der Waals surface area contributed by atoms with E-state index in [2.05, 4.69) is 34.2 Å².